The number of pyridine rings is 1. The normalized spacial score (nSPS) is 24.8. The molecule has 1 spiro atoms. The third-order valence-corrected chi connectivity index (χ3v) is 5.24. The molecule has 2 fully saturated rings. The molecule has 0 bridgehead atoms. The van der Waals surface area contributed by atoms with Gasteiger partial charge in [-0.2, -0.15) is 0 Å². The van der Waals surface area contributed by atoms with E-state index in [9.17, 15) is 4.79 Å². The second kappa shape index (κ2) is 7.49. The number of likely N-dealkylation sites (tertiary alicyclic amines) is 2. The first-order valence-corrected chi connectivity index (χ1v) is 8.66. The average Bonchev–Trinajstić information content (AvgIpc) is 3.01. The van der Waals surface area contributed by atoms with Crippen LogP contribution < -0.4 is 4.74 Å². The maximum absolute atomic E-state index is 13.0. The first-order chi connectivity index (χ1) is 11.7. The van der Waals surface area contributed by atoms with Gasteiger partial charge in [0.2, 0.25) is 11.8 Å². The molecule has 0 unspecified atom stereocenters. The lowest BCUT2D eigenvalue weighted by Gasteiger charge is -2.39. The Morgan fingerprint density at radius 2 is 2.12 bits per heavy atom. The van der Waals surface area contributed by atoms with Crippen LogP contribution in [0.15, 0.2) is 18.3 Å². The number of hydrogen-bond acceptors (Lipinski definition) is 5. The highest BCUT2D eigenvalue weighted by molar-refractivity contribution is 5.84. The van der Waals surface area contributed by atoms with Gasteiger partial charge in [-0.1, -0.05) is 6.07 Å². The molecule has 0 N–H and O–H groups in total. The molecule has 2 aliphatic heterocycles. The minimum absolute atomic E-state index is 0.189. The molecule has 132 valence electrons. The van der Waals surface area contributed by atoms with Gasteiger partial charge in [-0.15, -0.1) is 0 Å². The highest BCUT2D eigenvalue weighted by Crippen LogP contribution is 2.40. The van der Waals surface area contributed by atoms with Gasteiger partial charge in [-0.05, 0) is 31.4 Å². The number of ether oxygens (including phenoxy) is 2. The van der Waals surface area contributed by atoms with Gasteiger partial charge >= 0.3 is 0 Å². The molecular weight excluding hydrogens is 306 g/mol. The lowest BCUT2D eigenvalue weighted by Crippen LogP contribution is -2.50. The summed E-state index contributed by atoms with van der Waals surface area (Å²) in [6, 6.07) is 3.93. The van der Waals surface area contributed by atoms with Crippen molar-refractivity contribution in [3.05, 3.63) is 23.9 Å². The van der Waals surface area contributed by atoms with Gasteiger partial charge in [0, 0.05) is 45.6 Å². The Bertz CT molecular complexity index is 563. The number of rotatable bonds is 6. The SMILES string of the molecule is COCCN1CCC[C@]2(CCN(Cc3ccc(OC)nc3)C2)C1=O. The van der Waals surface area contributed by atoms with Gasteiger partial charge in [0.1, 0.15) is 0 Å². The minimum Gasteiger partial charge on any atom is -0.481 e. The predicted octanol–water partition coefficient (Wildman–Crippen LogP) is 1.55. The lowest BCUT2D eigenvalue weighted by atomic mass is 9.78. The summed E-state index contributed by atoms with van der Waals surface area (Å²) in [5.74, 6) is 0.953. The number of aromatic nitrogens is 1. The average molecular weight is 333 g/mol. The van der Waals surface area contributed by atoms with Crippen molar-refractivity contribution in [2.45, 2.75) is 25.8 Å². The zero-order valence-electron chi connectivity index (χ0n) is 14.7. The minimum atomic E-state index is -0.189. The fraction of sp³-hybridized carbons (Fsp3) is 0.667. The summed E-state index contributed by atoms with van der Waals surface area (Å²) >= 11 is 0. The molecule has 6 nitrogen and oxygen atoms in total. The van der Waals surface area contributed by atoms with Crippen LogP contribution in [0.2, 0.25) is 0 Å². The quantitative estimate of drug-likeness (QED) is 0.791. The molecule has 24 heavy (non-hydrogen) atoms. The van der Waals surface area contributed by atoms with Crippen molar-refractivity contribution in [2.24, 2.45) is 5.41 Å². The van der Waals surface area contributed by atoms with Gasteiger partial charge in [0.05, 0.1) is 19.1 Å². The Labute approximate surface area is 143 Å². The van der Waals surface area contributed by atoms with Crippen molar-refractivity contribution in [1.29, 1.82) is 0 Å². The monoisotopic (exact) mass is 333 g/mol. The highest BCUT2D eigenvalue weighted by Gasteiger charge is 2.47. The molecule has 1 atom stereocenters. The maximum Gasteiger partial charge on any atom is 0.230 e. The van der Waals surface area contributed by atoms with Crippen LogP contribution in [0.3, 0.4) is 0 Å². The predicted molar refractivity (Wildman–Crippen MR) is 90.8 cm³/mol. The number of amides is 1. The summed E-state index contributed by atoms with van der Waals surface area (Å²) in [4.78, 5) is 21.6. The van der Waals surface area contributed by atoms with Crippen LogP contribution in [0, 0.1) is 5.41 Å². The number of piperidine rings is 1. The summed E-state index contributed by atoms with van der Waals surface area (Å²) in [7, 11) is 3.31. The zero-order valence-corrected chi connectivity index (χ0v) is 14.7. The maximum atomic E-state index is 13.0. The Morgan fingerprint density at radius 3 is 2.83 bits per heavy atom. The summed E-state index contributed by atoms with van der Waals surface area (Å²) in [6.07, 6.45) is 4.91. The second-order valence-corrected chi connectivity index (χ2v) is 6.84. The molecule has 1 aromatic heterocycles. The first kappa shape index (κ1) is 17.2. The highest BCUT2D eigenvalue weighted by atomic mass is 16.5. The number of nitrogens with zero attached hydrogens (tertiary/aromatic N) is 3. The lowest BCUT2D eigenvalue weighted by molar-refractivity contribution is -0.146. The van der Waals surface area contributed by atoms with E-state index in [0.717, 1.165) is 51.0 Å². The number of carbonyl (C=O) groups excluding carboxylic acids is 1. The van der Waals surface area contributed by atoms with Crippen molar-refractivity contribution in [3.63, 3.8) is 0 Å². The first-order valence-electron chi connectivity index (χ1n) is 8.66. The van der Waals surface area contributed by atoms with E-state index >= 15 is 0 Å². The van der Waals surface area contributed by atoms with Crippen LogP contribution in [0.25, 0.3) is 0 Å². The largest absolute Gasteiger partial charge is 0.481 e. The van der Waals surface area contributed by atoms with Crippen molar-refractivity contribution < 1.29 is 14.3 Å². The van der Waals surface area contributed by atoms with Crippen LogP contribution in [-0.4, -0.2) is 67.7 Å². The molecule has 6 heteroatoms. The molecule has 2 aliphatic rings. The van der Waals surface area contributed by atoms with E-state index in [4.69, 9.17) is 9.47 Å². The topological polar surface area (TPSA) is 54.9 Å². The van der Waals surface area contributed by atoms with E-state index in [1.807, 2.05) is 23.2 Å². The van der Waals surface area contributed by atoms with E-state index in [2.05, 4.69) is 9.88 Å². The smallest absolute Gasteiger partial charge is 0.230 e. The van der Waals surface area contributed by atoms with Gasteiger partial charge in [0.25, 0.3) is 0 Å². The van der Waals surface area contributed by atoms with Crippen molar-refractivity contribution in [3.8, 4) is 5.88 Å². The van der Waals surface area contributed by atoms with Crippen LogP contribution in [0.1, 0.15) is 24.8 Å². The summed E-state index contributed by atoms with van der Waals surface area (Å²) in [5.41, 5.74) is 0.971. The van der Waals surface area contributed by atoms with Crippen molar-refractivity contribution in [2.75, 3.05) is 47.0 Å². The molecule has 3 rings (SSSR count). The van der Waals surface area contributed by atoms with Crippen molar-refractivity contribution in [1.82, 2.24) is 14.8 Å². The van der Waals surface area contributed by atoms with E-state index in [0.29, 0.717) is 24.9 Å². The standard InChI is InChI=1S/C18H27N3O3/c1-23-11-10-21-8-3-6-18(17(21)22)7-9-20(14-18)13-15-4-5-16(24-2)19-12-15/h4-5,12H,3,6-11,13-14H2,1-2H3/t18-/m1/s1. The fourth-order valence-electron chi connectivity index (χ4n) is 3.92. The number of carbonyl (C=O) groups is 1. The van der Waals surface area contributed by atoms with Crippen LogP contribution >= 0.6 is 0 Å². The van der Waals surface area contributed by atoms with Gasteiger partial charge in [-0.3, -0.25) is 9.69 Å². The van der Waals surface area contributed by atoms with E-state index in [1.54, 1.807) is 14.2 Å². The van der Waals surface area contributed by atoms with Crippen molar-refractivity contribution >= 4 is 5.91 Å². The molecule has 3 heterocycles. The molecular formula is C18H27N3O3. The van der Waals surface area contributed by atoms with Gasteiger partial charge in [0.15, 0.2) is 0 Å². The Hall–Kier alpha value is -1.66. The third-order valence-electron chi connectivity index (χ3n) is 5.24. The summed E-state index contributed by atoms with van der Waals surface area (Å²) in [6.45, 7) is 4.84. The molecule has 0 aliphatic carbocycles. The zero-order chi connectivity index (χ0) is 17.0. The van der Waals surface area contributed by atoms with Gasteiger partial charge < -0.3 is 14.4 Å². The van der Waals surface area contributed by atoms with Crippen LogP contribution in [0.5, 0.6) is 5.88 Å². The molecule has 0 aromatic carbocycles. The fourth-order valence-corrected chi connectivity index (χ4v) is 3.92. The Morgan fingerprint density at radius 1 is 1.25 bits per heavy atom. The summed E-state index contributed by atoms with van der Waals surface area (Å²) < 4.78 is 10.2. The molecule has 0 saturated carbocycles. The van der Waals surface area contributed by atoms with Crippen LogP contribution in [-0.2, 0) is 16.1 Å². The second-order valence-electron chi connectivity index (χ2n) is 6.84. The van der Waals surface area contributed by atoms with E-state index in [1.165, 1.54) is 0 Å². The third kappa shape index (κ3) is 3.54. The Kier molecular flexibility index (Phi) is 5.36. The molecule has 1 amide bonds. The number of methoxy groups -OCH3 is 2. The van der Waals surface area contributed by atoms with E-state index < -0.39 is 0 Å². The van der Waals surface area contributed by atoms with Gasteiger partial charge in [-0.25, -0.2) is 4.98 Å². The number of hydrogen-bond donors (Lipinski definition) is 0. The Balaban J connectivity index is 1.61. The summed E-state index contributed by atoms with van der Waals surface area (Å²) in [5, 5.41) is 0. The molecule has 2 saturated heterocycles. The molecule has 1 aromatic rings. The molecule has 0 radical (unpaired) electrons. The van der Waals surface area contributed by atoms with Crippen LogP contribution in [0.4, 0.5) is 0 Å². The van der Waals surface area contributed by atoms with E-state index in [-0.39, 0.29) is 5.41 Å².